The summed E-state index contributed by atoms with van der Waals surface area (Å²) in [6, 6.07) is 9.73. The van der Waals surface area contributed by atoms with Gasteiger partial charge < -0.3 is 19.9 Å². The van der Waals surface area contributed by atoms with Gasteiger partial charge in [-0.25, -0.2) is 4.79 Å². The molecule has 0 atom stereocenters. The Balaban J connectivity index is 1.77. The van der Waals surface area contributed by atoms with Crippen LogP contribution in [0.15, 0.2) is 46.9 Å². The number of aromatic carboxylic acids is 1. The summed E-state index contributed by atoms with van der Waals surface area (Å²) >= 11 is 9.62. The number of ether oxygens (including phenoxy) is 2. The van der Waals surface area contributed by atoms with Crippen molar-refractivity contribution in [2.45, 2.75) is 13.0 Å². The van der Waals surface area contributed by atoms with Crippen molar-refractivity contribution in [2.75, 3.05) is 5.32 Å². The Labute approximate surface area is 220 Å². The molecule has 0 saturated carbocycles. The number of hydrogen-bond donors (Lipinski definition) is 2. The number of halogens is 5. The van der Waals surface area contributed by atoms with E-state index in [1.807, 2.05) is 0 Å². The molecule has 184 valence electrons. The van der Waals surface area contributed by atoms with E-state index in [2.05, 4.69) is 26.0 Å². The molecule has 0 fully saturated rings. The molecule has 6 nitrogen and oxygen atoms in total. The van der Waals surface area contributed by atoms with E-state index in [-0.39, 0.29) is 39.9 Å². The van der Waals surface area contributed by atoms with Crippen LogP contribution in [0.5, 0.6) is 11.5 Å². The fourth-order valence-corrected chi connectivity index (χ4v) is 4.39. The third-order valence-electron chi connectivity index (χ3n) is 5.46. The van der Waals surface area contributed by atoms with Crippen LogP contribution in [-0.4, -0.2) is 46.9 Å². The minimum atomic E-state index is -4.81. The topological polar surface area (TPSA) is 84.9 Å². The molecule has 0 radical (unpaired) electrons. The molecule has 0 aliphatic rings. The van der Waals surface area contributed by atoms with Gasteiger partial charge in [0.25, 0.3) is 5.91 Å². The zero-order valence-electron chi connectivity index (χ0n) is 19.2. The fourth-order valence-electron chi connectivity index (χ4n) is 3.48. The van der Waals surface area contributed by atoms with E-state index < -0.39 is 18.2 Å². The highest BCUT2D eigenvalue weighted by molar-refractivity contribution is 9.10. The number of carbonyl (C=O) groups excluding carboxylic acids is 1. The maximum Gasteiger partial charge on any atom is 0.573 e. The average molecular weight is 580 g/mol. The second-order valence-corrected chi connectivity index (χ2v) is 9.03. The molecule has 0 aliphatic carbocycles. The summed E-state index contributed by atoms with van der Waals surface area (Å²) in [6.07, 6.45) is -4.81. The quantitative estimate of drug-likeness (QED) is 0.412. The molecule has 0 bridgehead atoms. The lowest BCUT2D eigenvalue weighted by atomic mass is 9.69. The molecule has 1 amide bonds. The molecule has 3 aromatic rings. The minimum absolute atomic E-state index is 0.0134. The second kappa shape index (κ2) is 10.9. The van der Waals surface area contributed by atoms with Crippen LogP contribution in [0.3, 0.4) is 0 Å². The largest absolute Gasteiger partial charge is 0.573 e. The summed E-state index contributed by atoms with van der Waals surface area (Å²) < 4.78 is 47.1. The van der Waals surface area contributed by atoms with Crippen LogP contribution >= 0.6 is 27.5 Å². The summed E-state index contributed by atoms with van der Waals surface area (Å²) in [5.41, 5.74) is 2.58. The number of hydrogen-bond acceptors (Lipinski definition) is 4. The maximum atomic E-state index is 13.0. The molecule has 3 aromatic carbocycles. The number of anilines is 1. The molecular formula is C22H17B3BrClF3NO5. The molecule has 36 heavy (non-hydrogen) atoms. The van der Waals surface area contributed by atoms with E-state index in [0.717, 1.165) is 10.9 Å². The summed E-state index contributed by atoms with van der Waals surface area (Å²) in [4.78, 5) is 24.9. The van der Waals surface area contributed by atoms with Crippen LogP contribution in [-0.2, 0) is 6.61 Å². The Bertz CT molecular complexity index is 1360. The van der Waals surface area contributed by atoms with Crippen molar-refractivity contribution in [1.82, 2.24) is 0 Å². The van der Waals surface area contributed by atoms with E-state index in [1.165, 1.54) is 36.4 Å². The zero-order chi connectivity index (χ0) is 26.8. The second-order valence-electron chi connectivity index (χ2n) is 7.83. The number of carboxylic acids is 1. The van der Waals surface area contributed by atoms with Gasteiger partial charge >= 0.3 is 12.3 Å². The Morgan fingerprint density at radius 2 is 1.72 bits per heavy atom. The SMILES string of the molecule is Bc1c(B)c(Br)c(C(=O)Nc2ccc(OCc3cccc(OC(F)(F)F)c3)c(Cl)c2)c(C(=O)O)c1B. The van der Waals surface area contributed by atoms with Gasteiger partial charge in [-0.15, -0.1) is 13.2 Å². The van der Waals surface area contributed by atoms with Crippen molar-refractivity contribution >= 4 is 85.0 Å². The third kappa shape index (κ3) is 6.39. The first-order valence-electron chi connectivity index (χ1n) is 10.4. The van der Waals surface area contributed by atoms with Gasteiger partial charge in [0, 0.05) is 10.2 Å². The van der Waals surface area contributed by atoms with Crippen molar-refractivity contribution in [2.24, 2.45) is 0 Å². The lowest BCUT2D eigenvalue weighted by Crippen LogP contribution is -2.45. The van der Waals surface area contributed by atoms with E-state index in [1.54, 1.807) is 29.6 Å². The monoisotopic (exact) mass is 579 g/mol. The summed E-state index contributed by atoms with van der Waals surface area (Å²) in [5, 5.41) is 12.5. The highest BCUT2D eigenvalue weighted by Gasteiger charge is 2.31. The van der Waals surface area contributed by atoms with Gasteiger partial charge in [0.15, 0.2) is 0 Å². The number of amides is 1. The van der Waals surface area contributed by atoms with Gasteiger partial charge in [-0.05, 0) is 35.9 Å². The van der Waals surface area contributed by atoms with E-state index >= 15 is 0 Å². The number of rotatable bonds is 7. The van der Waals surface area contributed by atoms with Crippen LogP contribution in [0.4, 0.5) is 18.9 Å². The summed E-state index contributed by atoms with van der Waals surface area (Å²) in [6.45, 7) is -0.0860. The van der Waals surface area contributed by atoms with Crippen molar-refractivity contribution in [3.63, 3.8) is 0 Å². The molecule has 0 heterocycles. The molecule has 2 N–H and O–H groups in total. The number of carbonyl (C=O) groups is 2. The predicted octanol–water partition coefficient (Wildman–Crippen LogP) is 1.31. The van der Waals surface area contributed by atoms with Crippen LogP contribution < -0.4 is 31.2 Å². The van der Waals surface area contributed by atoms with Gasteiger partial charge in [0.2, 0.25) is 0 Å². The van der Waals surface area contributed by atoms with Crippen LogP contribution in [0.25, 0.3) is 0 Å². The molecule has 0 aromatic heterocycles. The molecular weight excluding hydrogens is 563 g/mol. The Morgan fingerprint density at radius 3 is 2.33 bits per heavy atom. The van der Waals surface area contributed by atoms with Crippen molar-refractivity contribution in [1.29, 1.82) is 0 Å². The highest BCUT2D eigenvalue weighted by Crippen LogP contribution is 2.30. The molecule has 14 heteroatoms. The average Bonchev–Trinajstić information content (AvgIpc) is 2.78. The Morgan fingerprint density at radius 1 is 1.03 bits per heavy atom. The Hall–Kier alpha value is -3.05. The van der Waals surface area contributed by atoms with E-state index in [0.29, 0.717) is 15.5 Å². The normalized spacial score (nSPS) is 11.1. The minimum Gasteiger partial charge on any atom is -0.487 e. The number of alkyl halides is 3. The Kier molecular flexibility index (Phi) is 8.35. The van der Waals surface area contributed by atoms with Crippen LogP contribution in [0.1, 0.15) is 26.3 Å². The summed E-state index contributed by atoms with van der Waals surface area (Å²) in [7, 11) is 5.20. The van der Waals surface area contributed by atoms with E-state index in [9.17, 15) is 27.9 Å². The van der Waals surface area contributed by atoms with E-state index in [4.69, 9.17) is 16.3 Å². The predicted molar refractivity (Wildman–Crippen MR) is 142 cm³/mol. The first-order chi connectivity index (χ1) is 16.8. The standard InChI is InChI=1S/C22H17B3BrClF3NO5/c23-16-14(21(33)34)15(19(26)18(25)17(16)24)20(32)31-10-4-5-13(12(27)7-10)35-8-9-2-1-3-11(6-9)36-22(28,29)30/h1-7H,8,23-25H2,(H,31,32)(H,33,34). The van der Waals surface area contributed by atoms with Crippen molar-refractivity contribution < 1.29 is 37.3 Å². The van der Waals surface area contributed by atoms with Crippen LogP contribution in [0, 0.1) is 0 Å². The van der Waals surface area contributed by atoms with Gasteiger partial charge in [-0.3, -0.25) is 4.79 Å². The molecule has 0 unspecified atom stereocenters. The van der Waals surface area contributed by atoms with Gasteiger partial charge in [-0.1, -0.05) is 56.1 Å². The van der Waals surface area contributed by atoms with Crippen molar-refractivity contribution in [3.05, 3.63) is 68.7 Å². The zero-order valence-corrected chi connectivity index (χ0v) is 21.6. The number of nitrogens with one attached hydrogen (secondary N) is 1. The van der Waals surface area contributed by atoms with Gasteiger partial charge in [0.1, 0.15) is 41.6 Å². The number of carboxylic acid groups (broad SMARTS) is 1. The lowest BCUT2D eigenvalue weighted by molar-refractivity contribution is -0.274. The molecule has 0 spiro atoms. The molecule has 3 rings (SSSR count). The summed E-state index contributed by atoms with van der Waals surface area (Å²) in [5.74, 6) is -2.02. The molecule has 0 saturated heterocycles. The van der Waals surface area contributed by atoms with Crippen LogP contribution in [0.2, 0.25) is 5.02 Å². The smallest absolute Gasteiger partial charge is 0.487 e. The highest BCUT2D eigenvalue weighted by atomic mass is 79.9. The fraction of sp³-hybridized carbons (Fsp3) is 0.0909. The first kappa shape index (κ1) is 27.5. The van der Waals surface area contributed by atoms with Gasteiger partial charge in [-0.2, -0.15) is 0 Å². The maximum absolute atomic E-state index is 13.0. The lowest BCUT2D eigenvalue weighted by Gasteiger charge is -2.18. The van der Waals surface area contributed by atoms with Gasteiger partial charge in [0.05, 0.1) is 16.1 Å². The number of benzene rings is 3. The third-order valence-corrected chi connectivity index (χ3v) is 6.74. The van der Waals surface area contributed by atoms with Crippen molar-refractivity contribution in [3.8, 4) is 11.5 Å². The molecule has 0 aliphatic heterocycles. The first-order valence-corrected chi connectivity index (χ1v) is 11.6.